The second kappa shape index (κ2) is 10.0. The maximum Gasteiger partial charge on any atom is 0.310 e. The lowest BCUT2D eigenvalue weighted by molar-refractivity contribution is -0.216. The van der Waals surface area contributed by atoms with Gasteiger partial charge in [0.05, 0.1) is 33.2 Å². The first-order chi connectivity index (χ1) is 20.8. The lowest BCUT2D eigenvalue weighted by Crippen LogP contribution is -2.77. The number of phenols is 1. The Bertz CT molecular complexity index is 1610. The van der Waals surface area contributed by atoms with Crippen molar-refractivity contribution >= 4 is 40.5 Å². The molecule has 0 amide bonds. The Morgan fingerprint density at radius 3 is 2.63 bits per heavy atom. The molecule has 224 valence electrons. The summed E-state index contributed by atoms with van der Waals surface area (Å²) in [7, 11) is 0. The molecule has 0 aromatic heterocycles. The average molecular weight is 622 g/mol. The molecule has 1 unspecified atom stereocenters. The van der Waals surface area contributed by atoms with Crippen LogP contribution < -0.4 is 10.1 Å². The maximum absolute atomic E-state index is 13.6. The van der Waals surface area contributed by atoms with Crippen molar-refractivity contribution in [3.63, 3.8) is 0 Å². The van der Waals surface area contributed by atoms with Crippen LogP contribution in [-0.2, 0) is 27.8 Å². The molecule has 3 aromatic rings. The lowest BCUT2D eigenvalue weighted by Gasteiger charge is -2.64. The molecule has 5 aliphatic rings. The quantitative estimate of drug-likeness (QED) is 0.272. The highest BCUT2D eigenvalue weighted by Gasteiger charge is 2.73. The molecule has 1 saturated heterocycles. The molecule has 7 nitrogen and oxygen atoms in total. The van der Waals surface area contributed by atoms with Crippen LogP contribution in [-0.4, -0.2) is 58.0 Å². The number of piperidine rings is 1. The number of para-hydroxylation sites is 2. The standard InChI is InChI=1S/C34H34Cl2N2O5/c35-22-5-3-6-23(36)30(22)37-24-7-2-1-4-20(24)17-28(40)42-26-12-13-34(41)27-16-21-10-11-25(39)31-29(21)33(34,32(26)43-31)14-15-38(27)18-19-8-9-19/h1-7,10-11,19,26-27,32,37,39,41H,8-9,12-18H2/t26-,27-,32?,33+,34-/m1/s1. The van der Waals surface area contributed by atoms with Gasteiger partial charge in [-0.05, 0) is 86.4 Å². The Morgan fingerprint density at radius 2 is 1.84 bits per heavy atom. The molecule has 3 fully saturated rings. The van der Waals surface area contributed by atoms with Gasteiger partial charge < -0.3 is 25.0 Å². The number of carbonyl (C=O) groups excluding carboxylic acids is 1. The van der Waals surface area contributed by atoms with E-state index in [2.05, 4.69) is 10.2 Å². The normalized spacial score (nSPS) is 30.3. The summed E-state index contributed by atoms with van der Waals surface area (Å²) in [6.07, 6.45) is 3.85. The molecule has 2 saturated carbocycles. The number of benzene rings is 3. The number of aliphatic hydroxyl groups is 1. The van der Waals surface area contributed by atoms with E-state index in [0.29, 0.717) is 52.3 Å². The zero-order valence-electron chi connectivity index (χ0n) is 23.7. The highest BCUT2D eigenvalue weighted by molar-refractivity contribution is 6.39. The van der Waals surface area contributed by atoms with Gasteiger partial charge in [0, 0.05) is 23.8 Å². The minimum atomic E-state index is -1.02. The molecule has 3 aliphatic carbocycles. The Hall–Kier alpha value is -2.97. The summed E-state index contributed by atoms with van der Waals surface area (Å²) in [6, 6.07) is 16.5. The van der Waals surface area contributed by atoms with Gasteiger partial charge in [0.2, 0.25) is 0 Å². The molecule has 8 rings (SSSR count). The molecule has 2 heterocycles. The topological polar surface area (TPSA) is 91.3 Å². The highest BCUT2D eigenvalue weighted by atomic mass is 35.5. The Labute approximate surface area is 260 Å². The number of rotatable bonds is 7. The molecular formula is C34H34Cl2N2O5. The van der Waals surface area contributed by atoms with Crippen LogP contribution in [0.2, 0.25) is 10.0 Å². The van der Waals surface area contributed by atoms with Crippen LogP contribution in [0.25, 0.3) is 0 Å². The molecule has 1 spiro atoms. The summed E-state index contributed by atoms with van der Waals surface area (Å²) >= 11 is 12.8. The maximum atomic E-state index is 13.6. The minimum Gasteiger partial charge on any atom is -0.504 e. The van der Waals surface area contributed by atoms with Crippen LogP contribution in [0.15, 0.2) is 54.6 Å². The fourth-order valence-corrected chi connectivity index (χ4v) is 8.96. The van der Waals surface area contributed by atoms with E-state index in [4.69, 9.17) is 32.7 Å². The van der Waals surface area contributed by atoms with Crippen molar-refractivity contribution in [2.75, 3.05) is 18.4 Å². The first kappa shape index (κ1) is 27.6. The SMILES string of the molecule is O=C(Cc1ccccc1Nc1c(Cl)cccc1Cl)O[C@@H]1CC[C@@]2(O)[C@H]3Cc4ccc(O)c5c4[C@@]2(CCN3CC2CC2)C1O5. The Morgan fingerprint density at radius 1 is 1.05 bits per heavy atom. The van der Waals surface area contributed by atoms with Gasteiger partial charge in [-0.2, -0.15) is 0 Å². The number of aromatic hydroxyl groups is 1. The van der Waals surface area contributed by atoms with Gasteiger partial charge >= 0.3 is 5.97 Å². The Balaban J connectivity index is 1.08. The van der Waals surface area contributed by atoms with Gasteiger partial charge in [-0.1, -0.05) is 53.5 Å². The molecule has 0 radical (unpaired) electrons. The van der Waals surface area contributed by atoms with Gasteiger partial charge in [0.1, 0.15) is 12.2 Å². The van der Waals surface area contributed by atoms with E-state index in [9.17, 15) is 15.0 Å². The number of anilines is 2. The number of nitrogens with zero attached hydrogens (tertiary/aromatic N) is 1. The van der Waals surface area contributed by atoms with Gasteiger partial charge in [-0.3, -0.25) is 9.69 Å². The van der Waals surface area contributed by atoms with Crippen molar-refractivity contribution < 1.29 is 24.5 Å². The largest absolute Gasteiger partial charge is 0.504 e. The average Bonchev–Trinajstić information content (AvgIpc) is 3.72. The summed E-state index contributed by atoms with van der Waals surface area (Å²) in [5, 5.41) is 27.8. The minimum absolute atomic E-state index is 0.0258. The Kier molecular flexibility index (Phi) is 6.43. The van der Waals surface area contributed by atoms with E-state index in [-0.39, 0.29) is 24.2 Å². The zero-order valence-corrected chi connectivity index (χ0v) is 25.2. The van der Waals surface area contributed by atoms with Crippen molar-refractivity contribution in [2.45, 2.75) is 74.2 Å². The summed E-state index contributed by atoms with van der Waals surface area (Å²) in [6.45, 7) is 1.86. The molecule has 2 bridgehead atoms. The van der Waals surface area contributed by atoms with Crippen molar-refractivity contribution in [1.29, 1.82) is 0 Å². The van der Waals surface area contributed by atoms with Gasteiger partial charge in [-0.15, -0.1) is 0 Å². The highest BCUT2D eigenvalue weighted by Crippen LogP contribution is 2.66. The summed E-state index contributed by atoms with van der Waals surface area (Å²) in [4.78, 5) is 16.1. The summed E-state index contributed by atoms with van der Waals surface area (Å²) in [5.74, 6) is 0.860. The van der Waals surface area contributed by atoms with Crippen LogP contribution in [0, 0.1) is 5.92 Å². The van der Waals surface area contributed by atoms with Crippen molar-refractivity contribution in [3.05, 3.63) is 81.3 Å². The third-order valence-electron chi connectivity index (χ3n) is 10.6. The van der Waals surface area contributed by atoms with Crippen LogP contribution in [0.5, 0.6) is 11.5 Å². The number of phenolic OH excluding ortho intramolecular Hbond substituents is 1. The monoisotopic (exact) mass is 620 g/mol. The van der Waals surface area contributed by atoms with Gasteiger partial charge in [0.15, 0.2) is 11.5 Å². The van der Waals surface area contributed by atoms with Gasteiger partial charge in [-0.25, -0.2) is 0 Å². The van der Waals surface area contributed by atoms with E-state index in [1.54, 1.807) is 24.3 Å². The van der Waals surface area contributed by atoms with E-state index >= 15 is 0 Å². The van der Waals surface area contributed by atoms with Crippen LogP contribution >= 0.6 is 23.2 Å². The van der Waals surface area contributed by atoms with E-state index in [1.807, 2.05) is 30.3 Å². The second-order valence-electron chi connectivity index (χ2n) is 12.9. The molecular weight excluding hydrogens is 587 g/mol. The van der Waals surface area contributed by atoms with Crippen molar-refractivity contribution in [1.82, 2.24) is 4.90 Å². The fourth-order valence-electron chi connectivity index (χ4n) is 8.47. The smallest absolute Gasteiger partial charge is 0.310 e. The number of ether oxygens (including phenoxy) is 2. The second-order valence-corrected chi connectivity index (χ2v) is 13.7. The van der Waals surface area contributed by atoms with Gasteiger partial charge in [0.25, 0.3) is 0 Å². The number of nitrogens with one attached hydrogen (secondary N) is 1. The molecule has 43 heavy (non-hydrogen) atoms. The first-order valence-corrected chi connectivity index (χ1v) is 16.0. The van der Waals surface area contributed by atoms with Crippen molar-refractivity contribution in [2.24, 2.45) is 5.92 Å². The van der Waals surface area contributed by atoms with Crippen LogP contribution in [0.4, 0.5) is 11.4 Å². The third-order valence-corrected chi connectivity index (χ3v) is 11.2. The fraction of sp³-hybridized carbons (Fsp3) is 0.441. The van der Waals surface area contributed by atoms with Crippen LogP contribution in [0.1, 0.15) is 48.8 Å². The third kappa shape index (κ3) is 4.19. The summed E-state index contributed by atoms with van der Waals surface area (Å²) < 4.78 is 12.8. The number of hydrogen-bond donors (Lipinski definition) is 3. The van der Waals surface area contributed by atoms with E-state index in [1.165, 1.54) is 12.8 Å². The van der Waals surface area contributed by atoms with E-state index < -0.39 is 23.2 Å². The van der Waals surface area contributed by atoms with E-state index in [0.717, 1.165) is 36.2 Å². The molecule has 9 heteroatoms. The number of likely N-dealkylation sites (tertiary alicyclic amines) is 1. The number of esters is 1. The number of halogens is 2. The predicted molar refractivity (Wildman–Crippen MR) is 165 cm³/mol. The number of carbonyl (C=O) groups is 1. The van der Waals surface area contributed by atoms with Crippen LogP contribution in [0.3, 0.4) is 0 Å². The number of hydrogen-bond acceptors (Lipinski definition) is 7. The predicted octanol–water partition coefficient (Wildman–Crippen LogP) is 6.16. The first-order valence-electron chi connectivity index (χ1n) is 15.3. The summed E-state index contributed by atoms with van der Waals surface area (Å²) in [5.41, 5.74) is 2.32. The molecule has 5 atom stereocenters. The molecule has 2 aliphatic heterocycles. The zero-order chi connectivity index (χ0) is 29.5. The lowest BCUT2D eigenvalue weighted by atomic mass is 9.48. The molecule has 3 aromatic carbocycles. The van der Waals surface area contributed by atoms with Crippen molar-refractivity contribution in [3.8, 4) is 11.5 Å². The molecule has 3 N–H and O–H groups in total.